The highest BCUT2D eigenvalue weighted by molar-refractivity contribution is 5.69. The molecule has 4 rings (SSSR count). The van der Waals surface area contributed by atoms with Crippen molar-refractivity contribution in [1.82, 2.24) is 5.32 Å². The van der Waals surface area contributed by atoms with E-state index in [0.717, 1.165) is 19.4 Å². The highest BCUT2D eigenvalue weighted by atomic mass is 14.8. The lowest BCUT2D eigenvalue weighted by molar-refractivity contribution is 0.596. The molecule has 2 aromatic carbocycles. The first-order valence-corrected chi connectivity index (χ1v) is 9.39. The van der Waals surface area contributed by atoms with Gasteiger partial charge in [-0.3, -0.25) is 0 Å². The van der Waals surface area contributed by atoms with E-state index in [1.165, 1.54) is 27.8 Å². The minimum atomic E-state index is -0.0717. The first kappa shape index (κ1) is 16.7. The summed E-state index contributed by atoms with van der Waals surface area (Å²) in [6.07, 6.45) is 13.3. The van der Waals surface area contributed by atoms with Crippen LogP contribution in [-0.2, 0) is 5.41 Å². The summed E-state index contributed by atoms with van der Waals surface area (Å²) in [7, 11) is 0. The molecule has 26 heavy (non-hydrogen) atoms. The van der Waals surface area contributed by atoms with Gasteiger partial charge >= 0.3 is 0 Å². The van der Waals surface area contributed by atoms with E-state index in [2.05, 4.69) is 97.2 Å². The van der Waals surface area contributed by atoms with Gasteiger partial charge in [0.2, 0.25) is 0 Å². The van der Waals surface area contributed by atoms with Crippen molar-refractivity contribution in [3.05, 3.63) is 113 Å². The number of allylic oxidation sites excluding steroid dienone is 6. The Kier molecular flexibility index (Phi) is 4.62. The van der Waals surface area contributed by atoms with Crippen LogP contribution in [0.5, 0.6) is 0 Å². The van der Waals surface area contributed by atoms with Gasteiger partial charge in [0.1, 0.15) is 0 Å². The molecule has 0 saturated heterocycles. The van der Waals surface area contributed by atoms with E-state index in [1.807, 2.05) is 6.20 Å². The number of benzene rings is 2. The Bertz CT molecular complexity index is 884. The summed E-state index contributed by atoms with van der Waals surface area (Å²) < 4.78 is 0. The fraction of sp³-hybridized carbons (Fsp3) is 0.200. The molecule has 1 heterocycles. The van der Waals surface area contributed by atoms with E-state index in [-0.39, 0.29) is 5.41 Å². The quantitative estimate of drug-likeness (QED) is 0.743. The standard InChI is InChI=1S/C25H25N/c1-25(22-11-6-3-7-12-22,24-13-8-18-26-19-24)23-16-14-21(15-17-23)20-9-4-2-5-10-20/h2-14,16,18,26H,15,17,19H2,1H3. The SMILES string of the molecule is CC(C1=CC=C(c2ccccc2)CC1)(C1=CC=CNC1)c1ccccc1. The van der Waals surface area contributed by atoms with Gasteiger partial charge in [0.15, 0.2) is 0 Å². The van der Waals surface area contributed by atoms with Gasteiger partial charge in [-0.2, -0.15) is 0 Å². The smallest absolute Gasteiger partial charge is 0.0369 e. The van der Waals surface area contributed by atoms with Crippen molar-refractivity contribution in [1.29, 1.82) is 0 Å². The summed E-state index contributed by atoms with van der Waals surface area (Å²) >= 11 is 0. The van der Waals surface area contributed by atoms with E-state index in [0.29, 0.717) is 0 Å². The van der Waals surface area contributed by atoms with Gasteiger partial charge in [-0.15, -0.1) is 0 Å². The maximum atomic E-state index is 3.39. The molecule has 0 spiro atoms. The van der Waals surface area contributed by atoms with Crippen LogP contribution in [0.1, 0.15) is 30.9 Å². The number of hydrogen-bond acceptors (Lipinski definition) is 1. The molecule has 1 N–H and O–H groups in total. The third-order valence-corrected chi connectivity index (χ3v) is 5.73. The second-order valence-corrected chi connectivity index (χ2v) is 7.17. The summed E-state index contributed by atoms with van der Waals surface area (Å²) in [5.41, 5.74) is 6.98. The predicted octanol–water partition coefficient (Wildman–Crippen LogP) is 5.79. The highest BCUT2D eigenvalue weighted by Crippen LogP contribution is 2.44. The zero-order valence-corrected chi connectivity index (χ0v) is 15.3. The van der Waals surface area contributed by atoms with Gasteiger partial charge in [0.05, 0.1) is 0 Å². The van der Waals surface area contributed by atoms with Crippen LogP contribution in [-0.4, -0.2) is 6.54 Å². The fourth-order valence-electron chi connectivity index (χ4n) is 4.10. The van der Waals surface area contributed by atoms with Crippen molar-refractivity contribution >= 4 is 5.57 Å². The van der Waals surface area contributed by atoms with Crippen LogP contribution >= 0.6 is 0 Å². The van der Waals surface area contributed by atoms with E-state index < -0.39 is 0 Å². The lowest BCUT2D eigenvalue weighted by Gasteiger charge is -2.38. The van der Waals surface area contributed by atoms with E-state index in [9.17, 15) is 0 Å². The van der Waals surface area contributed by atoms with Gasteiger partial charge in [-0.05, 0) is 54.3 Å². The Labute approximate surface area is 156 Å². The molecule has 2 aromatic rings. The molecule has 0 aromatic heterocycles. The second kappa shape index (κ2) is 7.21. The van der Waals surface area contributed by atoms with Crippen molar-refractivity contribution in [2.45, 2.75) is 25.2 Å². The van der Waals surface area contributed by atoms with Crippen LogP contribution in [0, 0.1) is 0 Å². The molecule has 1 nitrogen and oxygen atoms in total. The minimum Gasteiger partial charge on any atom is -0.387 e. The Morgan fingerprint density at radius 3 is 2.12 bits per heavy atom. The fourth-order valence-corrected chi connectivity index (χ4v) is 4.10. The summed E-state index contributed by atoms with van der Waals surface area (Å²) in [5, 5.41) is 3.39. The van der Waals surface area contributed by atoms with Crippen molar-refractivity contribution in [3.63, 3.8) is 0 Å². The Morgan fingerprint density at radius 1 is 0.769 bits per heavy atom. The number of hydrogen-bond donors (Lipinski definition) is 1. The topological polar surface area (TPSA) is 12.0 Å². The minimum absolute atomic E-state index is 0.0717. The van der Waals surface area contributed by atoms with E-state index in [4.69, 9.17) is 0 Å². The van der Waals surface area contributed by atoms with E-state index >= 15 is 0 Å². The van der Waals surface area contributed by atoms with Crippen LogP contribution in [0.15, 0.2) is 102 Å². The number of dihydropyridines is 1. The van der Waals surface area contributed by atoms with E-state index in [1.54, 1.807) is 0 Å². The first-order chi connectivity index (χ1) is 12.8. The van der Waals surface area contributed by atoms with Crippen molar-refractivity contribution in [2.24, 2.45) is 0 Å². The molecular formula is C25H25N. The molecule has 1 aliphatic carbocycles. The maximum Gasteiger partial charge on any atom is 0.0369 e. The molecule has 1 heteroatoms. The average molecular weight is 339 g/mol. The van der Waals surface area contributed by atoms with Gasteiger partial charge in [-0.25, -0.2) is 0 Å². The summed E-state index contributed by atoms with van der Waals surface area (Å²) in [6.45, 7) is 3.27. The zero-order valence-electron chi connectivity index (χ0n) is 15.3. The zero-order chi connectivity index (χ0) is 17.8. The van der Waals surface area contributed by atoms with Gasteiger partial charge in [-0.1, -0.05) is 84.5 Å². The molecule has 0 bridgehead atoms. The van der Waals surface area contributed by atoms with Crippen molar-refractivity contribution in [3.8, 4) is 0 Å². The monoisotopic (exact) mass is 339 g/mol. The third-order valence-electron chi connectivity index (χ3n) is 5.73. The molecule has 130 valence electrons. The largest absolute Gasteiger partial charge is 0.387 e. The molecule has 2 aliphatic rings. The predicted molar refractivity (Wildman–Crippen MR) is 111 cm³/mol. The third kappa shape index (κ3) is 3.06. The Morgan fingerprint density at radius 2 is 1.50 bits per heavy atom. The molecule has 1 unspecified atom stereocenters. The number of nitrogens with one attached hydrogen (secondary N) is 1. The average Bonchev–Trinajstić information content (AvgIpc) is 2.75. The van der Waals surface area contributed by atoms with Crippen LogP contribution < -0.4 is 5.32 Å². The normalized spacial score (nSPS) is 18.9. The van der Waals surface area contributed by atoms with Crippen molar-refractivity contribution in [2.75, 3.05) is 6.54 Å². The molecule has 0 saturated carbocycles. The molecule has 0 fully saturated rings. The number of rotatable bonds is 4. The van der Waals surface area contributed by atoms with Crippen LogP contribution in [0.4, 0.5) is 0 Å². The first-order valence-electron chi connectivity index (χ1n) is 9.39. The Hall–Kier alpha value is -2.80. The lowest BCUT2D eigenvalue weighted by atomic mass is 9.67. The molecule has 0 amide bonds. The molecule has 0 radical (unpaired) electrons. The highest BCUT2D eigenvalue weighted by Gasteiger charge is 2.35. The lowest BCUT2D eigenvalue weighted by Crippen LogP contribution is -2.33. The van der Waals surface area contributed by atoms with Crippen LogP contribution in [0.3, 0.4) is 0 Å². The van der Waals surface area contributed by atoms with Crippen molar-refractivity contribution < 1.29 is 0 Å². The van der Waals surface area contributed by atoms with Crippen LogP contribution in [0.25, 0.3) is 5.57 Å². The molecule has 1 atom stereocenters. The molecule has 1 aliphatic heterocycles. The summed E-state index contributed by atoms with van der Waals surface area (Å²) in [4.78, 5) is 0. The summed E-state index contributed by atoms with van der Waals surface area (Å²) in [5.74, 6) is 0. The van der Waals surface area contributed by atoms with Crippen LogP contribution in [0.2, 0.25) is 0 Å². The molecular weight excluding hydrogens is 314 g/mol. The Balaban J connectivity index is 1.76. The van der Waals surface area contributed by atoms with Gasteiger partial charge in [0, 0.05) is 12.0 Å². The maximum absolute atomic E-state index is 3.39. The van der Waals surface area contributed by atoms with Gasteiger partial charge in [0.25, 0.3) is 0 Å². The summed E-state index contributed by atoms with van der Waals surface area (Å²) in [6, 6.07) is 21.6. The second-order valence-electron chi connectivity index (χ2n) is 7.17. The van der Waals surface area contributed by atoms with Gasteiger partial charge < -0.3 is 5.32 Å².